The fourth-order valence-corrected chi connectivity index (χ4v) is 5.63. The molecule has 1 amide bonds. The zero-order valence-electron chi connectivity index (χ0n) is 12.6. The minimum absolute atomic E-state index is 0.299. The average Bonchev–Trinajstić information content (AvgIpc) is 3.34. The predicted molar refractivity (Wildman–Crippen MR) is 104 cm³/mol. The van der Waals surface area contributed by atoms with Gasteiger partial charge in [-0.05, 0) is 29.6 Å². The molecule has 0 aliphatic heterocycles. The van der Waals surface area contributed by atoms with Crippen LogP contribution < -0.4 is 5.32 Å². The summed E-state index contributed by atoms with van der Waals surface area (Å²) in [6.07, 6.45) is 0. The third-order valence-electron chi connectivity index (χ3n) is 3.28. The fourth-order valence-electron chi connectivity index (χ4n) is 2.14. The van der Waals surface area contributed by atoms with E-state index in [0.29, 0.717) is 15.4 Å². The Hall–Kier alpha value is -1.81. The number of carbonyl (C=O) groups excluding carboxylic acids is 1. The van der Waals surface area contributed by atoms with Crippen molar-refractivity contribution in [3.63, 3.8) is 0 Å². The van der Waals surface area contributed by atoms with Crippen LogP contribution in [-0.4, -0.2) is 16.1 Å². The first-order valence-corrected chi connectivity index (χ1v) is 10.7. The normalized spacial score (nSPS) is 11.1. The van der Waals surface area contributed by atoms with Gasteiger partial charge in [-0.2, -0.15) is 0 Å². The quantitative estimate of drug-likeness (QED) is 0.351. The molecule has 4 nitrogen and oxygen atoms in total. The molecule has 3 heterocycles. The topological polar surface area (TPSA) is 54.9 Å². The molecule has 0 atom stereocenters. The summed E-state index contributed by atoms with van der Waals surface area (Å²) in [6.45, 7) is 0. The molecular weight excluding hydrogens is 397 g/mol. The van der Waals surface area contributed by atoms with Crippen LogP contribution in [0.15, 0.2) is 46.1 Å². The summed E-state index contributed by atoms with van der Waals surface area (Å²) in [5.74, 6) is 0.207. The number of nitrogens with zero attached hydrogens (tertiary/aromatic N) is 2. The SMILES string of the molecule is O=C(Nc1nnc(SCc2cccs2)s1)c1cc2c(F)cccc2s1. The maximum Gasteiger partial charge on any atom is 0.267 e. The molecule has 25 heavy (non-hydrogen) atoms. The summed E-state index contributed by atoms with van der Waals surface area (Å²) in [6, 6.07) is 10.5. The Labute approximate surface area is 158 Å². The number of hydrogen-bond donors (Lipinski definition) is 1. The largest absolute Gasteiger partial charge is 0.296 e. The van der Waals surface area contributed by atoms with E-state index in [2.05, 4.69) is 21.6 Å². The van der Waals surface area contributed by atoms with Crippen molar-refractivity contribution in [2.24, 2.45) is 0 Å². The molecule has 3 aromatic heterocycles. The van der Waals surface area contributed by atoms with Gasteiger partial charge in [-0.1, -0.05) is 35.2 Å². The number of thiophene rings is 2. The lowest BCUT2D eigenvalue weighted by Crippen LogP contribution is -2.09. The molecule has 0 saturated carbocycles. The number of carbonyl (C=O) groups is 1. The summed E-state index contributed by atoms with van der Waals surface area (Å²) in [4.78, 5) is 14.1. The fraction of sp³-hybridized carbons (Fsp3) is 0.0625. The van der Waals surface area contributed by atoms with Gasteiger partial charge >= 0.3 is 0 Å². The molecule has 4 aromatic rings. The Morgan fingerprint density at radius 1 is 1.20 bits per heavy atom. The van der Waals surface area contributed by atoms with Gasteiger partial charge in [0, 0.05) is 20.7 Å². The predicted octanol–water partition coefficient (Wildman–Crippen LogP) is 5.50. The van der Waals surface area contributed by atoms with Gasteiger partial charge in [0.25, 0.3) is 5.91 Å². The molecule has 0 saturated heterocycles. The van der Waals surface area contributed by atoms with E-state index < -0.39 is 0 Å². The molecule has 0 aliphatic rings. The van der Waals surface area contributed by atoms with Gasteiger partial charge in [0.2, 0.25) is 5.13 Å². The van der Waals surface area contributed by atoms with Crippen molar-refractivity contribution >= 4 is 66.9 Å². The van der Waals surface area contributed by atoms with E-state index in [0.717, 1.165) is 14.8 Å². The van der Waals surface area contributed by atoms with Crippen LogP contribution >= 0.6 is 45.8 Å². The van der Waals surface area contributed by atoms with Crippen LogP contribution in [0.1, 0.15) is 14.5 Å². The maximum absolute atomic E-state index is 13.7. The second-order valence-corrected chi connectivity index (χ2v) is 9.27. The summed E-state index contributed by atoms with van der Waals surface area (Å²) >= 11 is 5.87. The highest BCUT2D eigenvalue weighted by Gasteiger charge is 2.15. The number of anilines is 1. The first-order valence-electron chi connectivity index (χ1n) is 7.17. The van der Waals surface area contributed by atoms with E-state index in [1.54, 1.807) is 41.3 Å². The molecule has 1 aromatic carbocycles. The number of thioether (sulfide) groups is 1. The van der Waals surface area contributed by atoms with Crippen LogP contribution in [0.4, 0.5) is 9.52 Å². The molecule has 9 heteroatoms. The van der Waals surface area contributed by atoms with Crippen molar-refractivity contribution in [3.05, 3.63) is 57.3 Å². The maximum atomic E-state index is 13.7. The number of amides is 1. The van der Waals surface area contributed by atoms with E-state index >= 15 is 0 Å². The second-order valence-electron chi connectivity index (χ2n) is 4.96. The summed E-state index contributed by atoms with van der Waals surface area (Å²) in [7, 11) is 0. The zero-order valence-corrected chi connectivity index (χ0v) is 15.8. The monoisotopic (exact) mass is 407 g/mol. The highest BCUT2D eigenvalue weighted by molar-refractivity contribution is 8.00. The Balaban J connectivity index is 1.44. The molecule has 0 radical (unpaired) electrons. The summed E-state index contributed by atoms with van der Waals surface area (Å²) in [5, 5.41) is 13.8. The molecule has 0 unspecified atom stereocenters. The van der Waals surface area contributed by atoms with Crippen LogP contribution in [0, 0.1) is 5.82 Å². The van der Waals surface area contributed by atoms with Gasteiger partial charge in [-0.25, -0.2) is 4.39 Å². The van der Waals surface area contributed by atoms with E-state index in [1.807, 2.05) is 11.4 Å². The number of aromatic nitrogens is 2. The lowest BCUT2D eigenvalue weighted by atomic mass is 10.2. The molecule has 1 N–H and O–H groups in total. The lowest BCUT2D eigenvalue weighted by Gasteiger charge is -1.96. The zero-order chi connectivity index (χ0) is 17.2. The lowest BCUT2D eigenvalue weighted by molar-refractivity contribution is 0.103. The van der Waals surface area contributed by atoms with Crippen LogP contribution in [0.5, 0.6) is 0 Å². The van der Waals surface area contributed by atoms with Gasteiger partial charge in [-0.3, -0.25) is 10.1 Å². The standard InChI is InChI=1S/C16H10FN3OS4/c17-11-4-1-5-12-10(11)7-13(24-12)14(21)18-15-19-20-16(25-15)23-8-9-3-2-6-22-9/h1-7H,8H2,(H,18,19,21). The van der Waals surface area contributed by atoms with Gasteiger partial charge < -0.3 is 0 Å². The van der Waals surface area contributed by atoms with E-state index in [1.165, 1.54) is 33.6 Å². The minimum atomic E-state index is -0.323. The van der Waals surface area contributed by atoms with Crippen molar-refractivity contribution in [1.29, 1.82) is 0 Å². The molecular formula is C16H10FN3OS4. The molecule has 0 fully saturated rings. The van der Waals surface area contributed by atoms with E-state index in [9.17, 15) is 9.18 Å². The Morgan fingerprint density at radius 3 is 2.92 bits per heavy atom. The number of fused-ring (bicyclic) bond motifs is 1. The molecule has 0 spiro atoms. The molecule has 0 bridgehead atoms. The van der Waals surface area contributed by atoms with Crippen molar-refractivity contribution in [3.8, 4) is 0 Å². The highest BCUT2D eigenvalue weighted by Crippen LogP contribution is 2.31. The number of hydrogen-bond acceptors (Lipinski definition) is 7. The molecule has 0 aliphatic carbocycles. The third-order valence-corrected chi connectivity index (χ3v) is 7.46. The summed E-state index contributed by atoms with van der Waals surface area (Å²) < 4.78 is 15.3. The minimum Gasteiger partial charge on any atom is -0.296 e. The van der Waals surface area contributed by atoms with Gasteiger partial charge in [-0.15, -0.1) is 32.9 Å². The number of rotatable bonds is 5. The Morgan fingerprint density at radius 2 is 2.12 bits per heavy atom. The Kier molecular flexibility index (Phi) is 4.80. The third kappa shape index (κ3) is 3.74. The van der Waals surface area contributed by atoms with Crippen molar-refractivity contribution in [2.45, 2.75) is 10.1 Å². The number of benzene rings is 1. The number of nitrogens with one attached hydrogen (secondary N) is 1. The van der Waals surface area contributed by atoms with Crippen molar-refractivity contribution in [1.82, 2.24) is 10.2 Å². The van der Waals surface area contributed by atoms with Crippen LogP contribution in [-0.2, 0) is 5.75 Å². The average molecular weight is 408 g/mol. The van der Waals surface area contributed by atoms with Gasteiger partial charge in [0.1, 0.15) is 5.82 Å². The van der Waals surface area contributed by atoms with Crippen LogP contribution in [0.3, 0.4) is 0 Å². The van der Waals surface area contributed by atoms with Gasteiger partial charge in [0.05, 0.1) is 4.88 Å². The van der Waals surface area contributed by atoms with Crippen molar-refractivity contribution < 1.29 is 9.18 Å². The second kappa shape index (κ2) is 7.20. The van der Waals surface area contributed by atoms with Crippen LogP contribution in [0.25, 0.3) is 10.1 Å². The molecule has 126 valence electrons. The van der Waals surface area contributed by atoms with Gasteiger partial charge in [0.15, 0.2) is 4.34 Å². The van der Waals surface area contributed by atoms with Crippen molar-refractivity contribution in [2.75, 3.05) is 5.32 Å². The smallest absolute Gasteiger partial charge is 0.267 e. The van der Waals surface area contributed by atoms with E-state index in [4.69, 9.17) is 0 Å². The number of halogens is 1. The highest BCUT2D eigenvalue weighted by atomic mass is 32.2. The van der Waals surface area contributed by atoms with E-state index in [-0.39, 0.29) is 11.7 Å². The summed E-state index contributed by atoms with van der Waals surface area (Å²) in [5.41, 5.74) is 0. The first kappa shape index (κ1) is 16.6. The van der Waals surface area contributed by atoms with Crippen LogP contribution in [0.2, 0.25) is 0 Å². The first-order chi connectivity index (χ1) is 12.2. The molecule has 4 rings (SSSR count). The Bertz CT molecular complexity index is 1030.